The molecule has 0 unspecified atom stereocenters. The summed E-state index contributed by atoms with van der Waals surface area (Å²) < 4.78 is 65.7. The average Bonchev–Trinajstić information content (AvgIpc) is 3.65. The van der Waals surface area contributed by atoms with E-state index in [1.807, 2.05) is 0 Å². The van der Waals surface area contributed by atoms with E-state index in [0.717, 1.165) is 6.92 Å². The molecule has 2 N–H and O–H groups in total. The number of carbonyl (C=O) groups excluding carboxylic acids is 1. The molecule has 2 fully saturated rings. The predicted octanol–water partition coefficient (Wildman–Crippen LogP) is 3.71. The van der Waals surface area contributed by atoms with Crippen molar-refractivity contribution < 1.29 is 37.0 Å². The Bertz CT molecular complexity index is 1430. The van der Waals surface area contributed by atoms with Gasteiger partial charge >= 0.3 is 11.9 Å². The number of aliphatic carboxylic acids is 1. The van der Waals surface area contributed by atoms with E-state index in [1.165, 1.54) is 33.3 Å². The molecule has 4 atom stereocenters. The minimum atomic E-state index is -3.28. The first-order chi connectivity index (χ1) is 19.8. The molecule has 3 aliphatic heterocycles. The topological polar surface area (TPSA) is 107 Å². The quantitative estimate of drug-likeness (QED) is 0.328. The normalized spacial score (nSPS) is 25.5. The number of aromatic nitrogens is 1. The molecule has 0 amide bonds. The summed E-state index contributed by atoms with van der Waals surface area (Å²) in [7, 11) is 0. The number of nitrogens with one attached hydrogen (secondary N) is 1. The number of fused-ring (bicyclic) bond motifs is 1. The van der Waals surface area contributed by atoms with Gasteiger partial charge in [0.1, 0.15) is 11.9 Å². The Morgan fingerprint density at radius 3 is 2.74 bits per heavy atom. The molecule has 0 spiro atoms. The van der Waals surface area contributed by atoms with Crippen molar-refractivity contribution in [3.8, 4) is 0 Å². The summed E-state index contributed by atoms with van der Waals surface area (Å²) in [5, 5.41) is 14.6. The van der Waals surface area contributed by atoms with Crippen molar-refractivity contribution in [2.24, 2.45) is 4.99 Å². The second kappa shape index (κ2) is 11.4. The Hall–Kier alpha value is -3.36. The molecule has 5 rings (SSSR count). The van der Waals surface area contributed by atoms with Crippen molar-refractivity contribution in [2.75, 3.05) is 32.8 Å². The van der Waals surface area contributed by atoms with E-state index in [1.54, 1.807) is 31.5 Å². The van der Waals surface area contributed by atoms with Crippen LogP contribution in [0.1, 0.15) is 42.4 Å². The maximum atomic E-state index is 15.5. The lowest BCUT2D eigenvalue weighted by Gasteiger charge is -2.32. The number of benzene rings is 1. The molecule has 9 nitrogen and oxygen atoms in total. The van der Waals surface area contributed by atoms with E-state index in [2.05, 4.69) is 10.3 Å². The number of carboxylic acid groups (broad SMARTS) is 1. The zero-order valence-corrected chi connectivity index (χ0v) is 24.1. The van der Waals surface area contributed by atoms with Crippen molar-refractivity contribution in [3.05, 3.63) is 63.0 Å². The van der Waals surface area contributed by atoms with Gasteiger partial charge in [-0.3, -0.25) is 14.8 Å². The molecule has 0 aliphatic carbocycles. The lowest BCUT2D eigenvalue weighted by Crippen LogP contribution is -2.51. The summed E-state index contributed by atoms with van der Waals surface area (Å²) in [6.07, 6.45) is 1.82. The molecule has 0 radical (unpaired) electrons. The first-order valence-electron chi connectivity index (χ1n) is 13.5. The maximum absolute atomic E-state index is 15.5. The summed E-state index contributed by atoms with van der Waals surface area (Å²) >= 11 is 1.28. The summed E-state index contributed by atoms with van der Waals surface area (Å²) in [6, 6.07) is 1.31. The molecule has 2 saturated heterocycles. The number of rotatable bonds is 9. The summed E-state index contributed by atoms with van der Waals surface area (Å²) in [6.45, 7) is 2.69. The Morgan fingerprint density at radius 2 is 2.07 bits per heavy atom. The highest BCUT2D eigenvalue weighted by Crippen LogP contribution is 2.43. The highest BCUT2D eigenvalue weighted by atomic mass is 32.1. The smallest absolute Gasteiger partial charge is 0.342 e. The number of likely N-dealkylation sites (tertiary alicyclic amines) is 2. The number of hydrogen-bond donors (Lipinski definition) is 2. The van der Waals surface area contributed by atoms with E-state index in [4.69, 9.17) is 9.73 Å². The molecule has 42 heavy (non-hydrogen) atoms. The summed E-state index contributed by atoms with van der Waals surface area (Å²) in [5.74, 6) is -5.91. The van der Waals surface area contributed by atoms with Gasteiger partial charge in [0.2, 0.25) is 5.67 Å². The highest BCUT2D eigenvalue weighted by molar-refractivity contribution is 7.11. The van der Waals surface area contributed by atoms with Gasteiger partial charge in [0, 0.05) is 43.0 Å². The zero-order valence-electron chi connectivity index (χ0n) is 23.2. The minimum absolute atomic E-state index is 0.0422. The third-order valence-electron chi connectivity index (χ3n) is 7.95. The van der Waals surface area contributed by atoms with Gasteiger partial charge in [0.05, 0.1) is 24.8 Å². The van der Waals surface area contributed by atoms with Crippen LogP contribution in [0.25, 0.3) is 0 Å². The number of carbonyl (C=O) groups is 2. The minimum Gasteiger partial charge on any atom is -0.479 e. The highest BCUT2D eigenvalue weighted by Gasteiger charge is 2.60. The largest absolute Gasteiger partial charge is 0.479 e. The lowest BCUT2D eigenvalue weighted by atomic mass is 9.92. The van der Waals surface area contributed by atoms with Crippen LogP contribution in [0.2, 0.25) is 0 Å². The van der Waals surface area contributed by atoms with E-state index < -0.39 is 60.6 Å². The van der Waals surface area contributed by atoms with Gasteiger partial charge in [0.15, 0.2) is 10.8 Å². The molecule has 3 aliphatic rings. The van der Waals surface area contributed by atoms with Crippen molar-refractivity contribution in [1.82, 2.24) is 20.1 Å². The predicted molar refractivity (Wildman–Crippen MR) is 147 cm³/mol. The van der Waals surface area contributed by atoms with Crippen LogP contribution in [0.3, 0.4) is 0 Å². The van der Waals surface area contributed by atoms with Gasteiger partial charge in [-0.25, -0.2) is 32.1 Å². The Balaban J connectivity index is 1.55. The van der Waals surface area contributed by atoms with Crippen molar-refractivity contribution in [3.63, 3.8) is 0 Å². The summed E-state index contributed by atoms with van der Waals surface area (Å²) in [5.41, 5.74) is -1.68. The Labute approximate surface area is 243 Å². The standard InChI is InChI=1S/C28H31F4N5O4S/c1-4-41-25(38)20-18(12-37-14-28(31,32)22-19(37)8-10-36(22)13-27(3,30)26(39)40)34-23(24-33-9-11-42-24)35-21(20)16-6-5-7-17(29)15(16)2/h5-7,9,11,19,21-22H,4,8,10,12-14H2,1-3H3,(H,34,35)(H,39,40)/t19-,21-,22+,27-/m0/s1. The van der Waals surface area contributed by atoms with E-state index in [9.17, 15) is 23.5 Å². The van der Waals surface area contributed by atoms with Crippen LogP contribution in [-0.2, 0) is 14.3 Å². The number of nitrogens with zero attached hydrogens (tertiary/aromatic N) is 4. The second-order valence-corrected chi connectivity index (χ2v) is 11.7. The fraction of sp³-hybridized carbons (Fsp3) is 0.500. The molecular formula is C28H31F4N5O4S. The summed E-state index contributed by atoms with van der Waals surface area (Å²) in [4.78, 5) is 36.5. The van der Waals surface area contributed by atoms with Gasteiger partial charge in [-0.15, -0.1) is 11.3 Å². The van der Waals surface area contributed by atoms with Crippen LogP contribution >= 0.6 is 11.3 Å². The van der Waals surface area contributed by atoms with Crippen LogP contribution in [0.4, 0.5) is 17.6 Å². The van der Waals surface area contributed by atoms with Crippen LogP contribution in [0.5, 0.6) is 0 Å². The van der Waals surface area contributed by atoms with Crippen molar-refractivity contribution in [2.45, 2.75) is 56.9 Å². The number of hydrogen-bond acceptors (Lipinski definition) is 9. The molecule has 226 valence electrons. The number of carboxylic acids is 1. The van der Waals surface area contributed by atoms with Crippen LogP contribution < -0.4 is 5.32 Å². The molecular weight excluding hydrogens is 578 g/mol. The molecule has 0 saturated carbocycles. The number of ether oxygens (including phenoxy) is 1. The van der Waals surface area contributed by atoms with Crippen LogP contribution in [-0.4, -0.2) is 94.1 Å². The van der Waals surface area contributed by atoms with Gasteiger partial charge < -0.3 is 15.2 Å². The number of halogens is 4. The van der Waals surface area contributed by atoms with E-state index in [-0.39, 0.29) is 43.0 Å². The average molecular weight is 610 g/mol. The Kier molecular flexibility index (Phi) is 8.16. The lowest BCUT2D eigenvalue weighted by molar-refractivity contribution is -0.152. The third kappa shape index (κ3) is 5.54. The van der Waals surface area contributed by atoms with Crippen molar-refractivity contribution >= 4 is 29.1 Å². The molecule has 1 aromatic heterocycles. The van der Waals surface area contributed by atoms with Crippen molar-refractivity contribution in [1.29, 1.82) is 0 Å². The fourth-order valence-electron chi connectivity index (χ4n) is 6.02. The Morgan fingerprint density at radius 1 is 1.31 bits per heavy atom. The van der Waals surface area contributed by atoms with Gasteiger partial charge in [-0.05, 0) is 44.4 Å². The molecule has 1 aromatic carbocycles. The number of aliphatic imine (C=N–C) groups is 1. The van der Waals surface area contributed by atoms with Gasteiger partial charge in [0.25, 0.3) is 5.92 Å². The van der Waals surface area contributed by atoms with Crippen LogP contribution in [0, 0.1) is 12.7 Å². The first kappa shape index (κ1) is 30.1. The number of thiazole rings is 1. The maximum Gasteiger partial charge on any atom is 0.342 e. The van der Waals surface area contributed by atoms with Crippen LogP contribution in [0.15, 0.2) is 46.0 Å². The van der Waals surface area contributed by atoms with Gasteiger partial charge in [-0.1, -0.05) is 12.1 Å². The number of alkyl halides is 3. The fourth-order valence-corrected chi connectivity index (χ4v) is 6.61. The molecule has 2 aromatic rings. The monoisotopic (exact) mass is 609 g/mol. The number of amidine groups is 1. The molecule has 0 bridgehead atoms. The van der Waals surface area contributed by atoms with E-state index >= 15 is 8.78 Å². The zero-order chi connectivity index (χ0) is 30.4. The first-order valence-corrected chi connectivity index (χ1v) is 14.4. The van der Waals surface area contributed by atoms with Gasteiger partial charge in [-0.2, -0.15) is 0 Å². The molecule has 4 heterocycles. The number of esters is 1. The van der Waals surface area contributed by atoms with E-state index in [0.29, 0.717) is 16.4 Å². The third-order valence-corrected chi connectivity index (χ3v) is 8.73. The SMILES string of the molecule is CCOC(=O)C1=C(CN2CC(F)(F)[C@H]3[C@@H]2CCN3C[C@](C)(F)C(=O)O)NC(c2nccs2)=N[C@H]1c1cccc(F)c1C. The second-order valence-electron chi connectivity index (χ2n) is 10.8. The molecule has 14 heteroatoms.